The van der Waals surface area contributed by atoms with Crippen LogP contribution >= 0.6 is 0 Å². The Kier molecular flexibility index (Phi) is 3.51. The Labute approximate surface area is 107 Å². The molecule has 0 N–H and O–H groups in total. The normalized spacial score (nSPS) is 10.4. The van der Waals surface area contributed by atoms with E-state index in [4.69, 9.17) is 4.74 Å². The maximum Gasteiger partial charge on any atom is 0.340 e. The smallest absolute Gasteiger partial charge is 0.340 e. The van der Waals surface area contributed by atoms with Gasteiger partial charge in [-0.15, -0.1) is 0 Å². The number of carbonyl (C=O) groups is 1. The molecule has 1 aromatic heterocycles. The summed E-state index contributed by atoms with van der Waals surface area (Å²) in [5.41, 5.74) is 3.57. The van der Waals surface area contributed by atoms with Gasteiger partial charge in [0, 0.05) is 17.6 Å². The van der Waals surface area contributed by atoms with E-state index in [1.807, 2.05) is 61.9 Å². The summed E-state index contributed by atoms with van der Waals surface area (Å²) in [5.74, 6) is -0.248. The standard InChI is InChI=1S/C15H17NO2/c1-4-18-15(17)14-11(2)10-16(12(14)3)13-8-6-5-7-9-13/h5-10H,4H2,1-3H3. The fourth-order valence-corrected chi connectivity index (χ4v) is 2.13. The van der Waals surface area contributed by atoms with Gasteiger partial charge in [0.1, 0.15) is 0 Å². The van der Waals surface area contributed by atoms with Crippen LogP contribution in [0.2, 0.25) is 0 Å². The molecule has 0 aliphatic heterocycles. The maximum absolute atomic E-state index is 11.9. The molecule has 0 radical (unpaired) electrons. The van der Waals surface area contributed by atoms with Gasteiger partial charge in [0.2, 0.25) is 0 Å². The first kappa shape index (κ1) is 12.4. The SMILES string of the molecule is CCOC(=O)c1c(C)cn(-c2ccccc2)c1C. The molecule has 3 heteroatoms. The summed E-state index contributed by atoms with van der Waals surface area (Å²) in [5, 5.41) is 0. The molecule has 1 heterocycles. The lowest BCUT2D eigenvalue weighted by atomic mass is 10.2. The highest BCUT2D eigenvalue weighted by Crippen LogP contribution is 2.21. The average molecular weight is 243 g/mol. The molecule has 3 nitrogen and oxygen atoms in total. The van der Waals surface area contributed by atoms with Gasteiger partial charge in [-0.2, -0.15) is 0 Å². The largest absolute Gasteiger partial charge is 0.462 e. The highest BCUT2D eigenvalue weighted by molar-refractivity contribution is 5.92. The number of aryl methyl sites for hydroxylation is 1. The first-order chi connectivity index (χ1) is 8.65. The molecule has 0 amide bonds. The molecule has 18 heavy (non-hydrogen) atoms. The molecule has 0 aliphatic carbocycles. The van der Waals surface area contributed by atoms with Gasteiger partial charge in [-0.1, -0.05) is 18.2 Å². The van der Waals surface area contributed by atoms with Crippen molar-refractivity contribution in [2.24, 2.45) is 0 Å². The van der Waals surface area contributed by atoms with Gasteiger partial charge < -0.3 is 9.30 Å². The molecular weight excluding hydrogens is 226 g/mol. The lowest BCUT2D eigenvalue weighted by molar-refractivity contribution is 0.0525. The Morgan fingerprint density at radius 2 is 1.89 bits per heavy atom. The Bertz CT molecular complexity index is 555. The number of hydrogen-bond donors (Lipinski definition) is 0. The predicted octanol–water partition coefficient (Wildman–Crippen LogP) is 3.27. The minimum absolute atomic E-state index is 0.248. The van der Waals surface area contributed by atoms with Crippen LogP contribution in [0.15, 0.2) is 36.5 Å². The van der Waals surface area contributed by atoms with E-state index in [0.717, 1.165) is 16.9 Å². The van der Waals surface area contributed by atoms with E-state index in [9.17, 15) is 4.79 Å². The van der Waals surface area contributed by atoms with Gasteiger partial charge in [0.15, 0.2) is 0 Å². The van der Waals surface area contributed by atoms with Crippen LogP contribution in [-0.4, -0.2) is 17.1 Å². The number of para-hydroxylation sites is 1. The van der Waals surface area contributed by atoms with Crippen LogP contribution in [0.25, 0.3) is 5.69 Å². The first-order valence-corrected chi connectivity index (χ1v) is 6.06. The second-order valence-corrected chi connectivity index (χ2v) is 4.20. The Morgan fingerprint density at radius 1 is 1.22 bits per heavy atom. The molecular formula is C15H17NO2. The summed E-state index contributed by atoms with van der Waals surface area (Å²) >= 11 is 0. The summed E-state index contributed by atoms with van der Waals surface area (Å²) in [4.78, 5) is 11.9. The summed E-state index contributed by atoms with van der Waals surface area (Å²) in [6.07, 6.45) is 1.97. The molecule has 94 valence electrons. The highest BCUT2D eigenvalue weighted by Gasteiger charge is 2.18. The van der Waals surface area contributed by atoms with Crippen LogP contribution in [0.1, 0.15) is 28.5 Å². The minimum Gasteiger partial charge on any atom is -0.462 e. The van der Waals surface area contributed by atoms with E-state index < -0.39 is 0 Å². The van der Waals surface area contributed by atoms with E-state index in [0.29, 0.717) is 12.2 Å². The van der Waals surface area contributed by atoms with Gasteiger partial charge in [0.25, 0.3) is 0 Å². The Balaban J connectivity index is 2.47. The average Bonchev–Trinajstić information content (AvgIpc) is 2.66. The van der Waals surface area contributed by atoms with Crippen molar-refractivity contribution >= 4 is 5.97 Å². The second-order valence-electron chi connectivity index (χ2n) is 4.20. The summed E-state index contributed by atoms with van der Waals surface area (Å²) in [6.45, 7) is 6.08. The zero-order valence-corrected chi connectivity index (χ0v) is 10.9. The van der Waals surface area contributed by atoms with Crippen LogP contribution in [-0.2, 0) is 4.74 Å². The molecule has 2 aromatic rings. The predicted molar refractivity (Wildman–Crippen MR) is 71.2 cm³/mol. The first-order valence-electron chi connectivity index (χ1n) is 6.06. The van der Waals surface area contributed by atoms with Crippen molar-refractivity contribution in [1.29, 1.82) is 0 Å². The number of ether oxygens (including phenoxy) is 1. The zero-order valence-electron chi connectivity index (χ0n) is 10.9. The number of rotatable bonds is 3. The van der Waals surface area contributed by atoms with Gasteiger partial charge in [-0.05, 0) is 38.5 Å². The molecule has 1 aromatic carbocycles. The third-order valence-electron chi connectivity index (χ3n) is 2.95. The molecule has 0 saturated heterocycles. The summed E-state index contributed by atoms with van der Waals surface area (Å²) in [7, 11) is 0. The van der Waals surface area contributed by atoms with Crippen LogP contribution in [0.4, 0.5) is 0 Å². The number of benzene rings is 1. The van der Waals surface area contributed by atoms with Crippen LogP contribution < -0.4 is 0 Å². The third-order valence-corrected chi connectivity index (χ3v) is 2.95. The third kappa shape index (κ3) is 2.16. The molecule has 0 spiro atoms. The van der Waals surface area contributed by atoms with E-state index in [1.54, 1.807) is 0 Å². The van der Waals surface area contributed by atoms with Crippen LogP contribution in [0.3, 0.4) is 0 Å². The molecule has 0 fully saturated rings. The number of esters is 1. The van der Waals surface area contributed by atoms with E-state index in [-0.39, 0.29) is 5.97 Å². The van der Waals surface area contributed by atoms with Gasteiger partial charge >= 0.3 is 5.97 Å². The molecule has 0 aliphatic rings. The van der Waals surface area contributed by atoms with Crippen molar-refractivity contribution in [3.05, 3.63) is 53.3 Å². The van der Waals surface area contributed by atoms with Crippen LogP contribution in [0, 0.1) is 13.8 Å². The van der Waals surface area contributed by atoms with Crippen molar-refractivity contribution in [3.63, 3.8) is 0 Å². The topological polar surface area (TPSA) is 31.2 Å². The summed E-state index contributed by atoms with van der Waals surface area (Å²) in [6, 6.07) is 9.96. The van der Waals surface area contributed by atoms with Gasteiger partial charge in [0.05, 0.1) is 12.2 Å². The summed E-state index contributed by atoms with van der Waals surface area (Å²) < 4.78 is 7.10. The van der Waals surface area contributed by atoms with Crippen molar-refractivity contribution in [3.8, 4) is 5.69 Å². The lowest BCUT2D eigenvalue weighted by Crippen LogP contribution is -2.07. The number of nitrogens with zero attached hydrogens (tertiary/aromatic N) is 1. The van der Waals surface area contributed by atoms with E-state index in [2.05, 4.69) is 0 Å². The molecule has 0 bridgehead atoms. The minimum atomic E-state index is -0.248. The number of aromatic nitrogens is 1. The Morgan fingerprint density at radius 3 is 2.50 bits per heavy atom. The van der Waals surface area contributed by atoms with Crippen molar-refractivity contribution < 1.29 is 9.53 Å². The monoisotopic (exact) mass is 243 g/mol. The lowest BCUT2D eigenvalue weighted by Gasteiger charge is -2.07. The van der Waals surface area contributed by atoms with Gasteiger partial charge in [-0.3, -0.25) is 0 Å². The number of carbonyl (C=O) groups excluding carboxylic acids is 1. The highest BCUT2D eigenvalue weighted by atomic mass is 16.5. The Hall–Kier alpha value is -2.03. The fourth-order valence-electron chi connectivity index (χ4n) is 2.13. The molecule has 0 saturated carbocycles. The maximum atomic E-state index is 11.9. The molecule has 0 atom stereocenters. The molecule has 2 rings (SSSR count). The van der Waals surface area contributed by atoms with E-state index >= 15 is 0 Å². The molecule has 0 unspecified atom stereocenters. The number of hydrogen-bond acceptors (Lipinski definition) is 2. The van der Waals surface area contributed by atoms with Crippen molar-refractivity contribution in [2.45, 2.75) is 20.8 Å². The zero-order chi connectivity index (χ0) is 13.1. The fraction of sp³-hybridized carbons (Fsp3) is 0.267. The quantitative estimate of drug-likeness (QED) is 0.775. The van der Waals surface area contributed by atoms with Crippen molar-refractivity contribution in [2.75, 3.05) is 6.61 Å². The second kappa shape index (κ2) is 5.08. The van der Waals surface area contributed by atoms with Crippen molar-refractivity contribution in [1.82, 2.24) is 4.57 Å². The van der Waals surface area contributed by atoms with E-state index in [1.165, 1.54) is 0 Å². The van der Waals surface area contributed by atoms with Gasteiger partial charge in [-0.25, -0.2) is 4.79 Å². The van der Waals surface area contributed by atoms with Crippen LogP contribution in [0.5, 0.6) is 0 Å².